The Hall–Kier alpha value is -1.32. The Balaban J connectivity index is 2.34. The van der Waals surface area contributed by atoms with Crippen LogP contribution in [0.1, 0.15) is 28.3 Å². The van der Waals surface area contributed by atoms with Gasteiger partial charge >= 0.3 is 0 Å². The highest BCUT2D eigenvalue weighted by molar-refractivity contribution is 9.10. The molecular weight excluding hydrogens is 326 g/mol. The zero-order chi connectivity index (χ0) is 15.4. The fourth-order valence-electron chi connectivity index (χ4n) is 2.58. The van der Waals surface area contributed by atoms with Crippen LogP contribution in [0.4, 0.5) is 0 Å². The molecule has 0 heterocycles. The monoisotopic (exact) mass is 347 g/mol. The molecule has 0 aliphatic heterocycles. The maximum Gasteiger partial charge on any atom is 0.124 e. The van der Waals surface area contributed by atoms with Crippen LogP contribution >= 0.6 is 15.9 Å². The number of halogens is 1. The molecule has 0 aromatic heterocycles. The molecule has 1 N–H and O–H groups in total. The molecule has 0 aliphatic rings. The highest BCUT2D eigenvalue weighted by atomic mass is 79.9. The van der Waals surface area contributed by atoms with Crippen LogP contribution in [0.25, 0.3) is 0 Å². The molecule has 2 aromatic carbocycles. The molecule has 112 valence electrons. The highest BCUT2D eigenvalue weighted by Crippen LogP contribution is 2.31. The van der Waals surface area contributed by atoms with E-state index >= 15 is 0 Å². The third kappa shape index (κ3) is 3.86. The van der Waals surface area contributed by atoms with Gasteiger partial charge in [-0.15, -0.1) is 0 Å². The second kappa shape index (κ2) is 7.10. The number of benzene rings is 2. The molecule has 2 aromatic rings. The second-order valence-corrected chi connectivity index (χ2v) is 6.28. The van der Waals surface area contributed by atoms with Crippen molar-refractivity contribution < 1.29 is 4.74 Å². The molecule has 0 saturated carbocycles. The lowest BCUT2D eigenvalue weighted by Crippen LogP contribution is -2.20. The van der Waals surface area contributed by atoms with Gasteiger partial charge in [0.1, 0.15) is 5.75 Å². The lowest BCUT2D eigenvalue weighted by Gasteiger charge is -2.21. The van der Waals surface area contributed by atoms with Gasteiger partial charge in [-0.3, -0.25) is 0 Å². The predicted molar refractivity (Wildman–Crippen MR) is 92.1 cm³/mol. The summed E-state index contributed by atoms with van der Waals surface area (Å²) in [6.45, 7) is 4.30. The van der Waals surface area contributed by atoms with Crippen LogP contribution in [-0.4, -0.2) is 14.2 Å². The summed E-state index contributed by atoms with van der Waals surface area (Å²) in [7, 11) is 3.72. The number of ether oxygens (including phenoxy) is 1. The minimum absolute atomic E-state index is 0.230. The molecule has 2 rings (SSSR count). The van der Waals surface area contributed by atoms with Crippen molar-refractivity contribution in [2.45, 2.75) is 26.3 Å². The van der Waals surface area contributed by atoms with Gasteiger partial charge in [0, 0.05) is 16.1 Å². The van der Waals surface area contributed by atoms with Crippen LogP contribution in [0, 0.1) is 13.8 Å². The first kappa shape index (κ1) is 16.1. The third-order valence-corrected chi connectivity index (χ3v) is 4.34. The summed E-state index contributed by atoms with van der Waals surface area (Å²) in [5.41, 5.74) is 5.19. The van der Waals surface area contributed by atoms with Gasteiger partial charge in [0.25, 0.3) is 0 Å². The van der Waals surface area contributed by atoms with Gasteiger partial charge in [-0.1, -0.05) is 45.8 Å². The van der Waals surface area contributed by atoms with Crippen molar-refractivity contribution in [3.05, 3.63) is 63.1 Å². The maximum atomic E-state index is 5.53. The minimum atomic E-state index is 0.230. The fourth-order valence-corrected chi connectivity index (χ4v) is 2.92. The summed E-state index contributed by atoms with van der Waals surface area (Å²) in [6.07, 6.45) is 0.946. The van der Waals surface area contributed by atoms with E-state index in [1.165, 1.54) is 22.3 Å². The van der Waals surface area contributed by atoms with Crippen LogP contribution < -0.4 is 10.1 Å². The molecule has 3 heteroatoms. The van der Waals surface area contributed by atoms with E-state index in [0.29, 0.717) is 0 Å². The molecule has 0 saturated heterocycles. The van der Waals surface area contributed by atoms with E-state index in [2.05, 4.69) is 65.4 Å². The maximum absolute atomic E-state index is 5.53. The zero-order valence-corrected chi connectivity index (χ0v) is 14.6. The Bertz CT molecular complexity index is 625. The second-order valence-electron chi connectivity index (χ2n) is 5.36. The summed E-state index contributed by atoms with van der Waals surface area (Å²) in [4.78, 5) is 0. The molecule has 1 atom stereocenters. The Morgan fingerprint density at radius 3 is 2.57 bits per heavy atom. The fraction of sp³-hybridized carbons (Fsp3) is 0.333. The lowest BCUT2D eigenvalue weighted by atomic mass is 9.94. The Kier molecular flexibility index (Phi) is 5.43. The SMILES string of the molecule is CNC(Cc1cc(C)ccc1C)c1ccc(Br)cc1OC. The summed E-state index contributed by atoms with van der Waals surface area (Å²) in [5, 5.41) is 3.41. The van der Waals surface area contributed by atoms with Crippen LogP contribution in [0.3, 0.4) is 0 Å². The van der Waals surface area contributed by atoms with Crippen molar-refractivity contribution in [3.8, 4) is 5.75 Å². The number of likely N-dealkylation sites (N-methyl/N-ethyl adjacent to an activating group) is 1. The molecule has 0 amide bonds. The predicted octanol–water partition coefficient (Wildman–Crippen LogP) is 4.58. The summed E-state index contributed by atoms with van der Waals surface area (Å²) >= 11 is 3.50. The smallest absolute Gasteiger partial charge is 0.124 e. The van der Waals surface area contributed by atoms with Gasteiger partial charge in [0.15, 0.2) is 0 Å². The molecule has 0 spiro atoms. The molecule has 0 aliphatic carbocycles. The average Bonchev–Trinajstić information content (AvgIpc) is 2.48. The van der Waals surface area contributed by atoms with E-state index in [1.807, 2.05) is 13.1 Å². The van der Waals surface area contributed by atoms with Gasteiger partial charge in [-0.05, 0) is 50.6 Å². The number of aryl methyl sites for hydroxylation is 2. The first-order valence-electron chi connectivity index (χ1n) is 7.12. The van der Waals surface area contributed by atoms with Crippen LogP contribution in [0.2, 0.25) is 0 Å². The van der Waals surface area contributed by atoms with E-state index in [0.717, 1.165) is 16.6 Å². The average molecular weight is 348 g/mol. The van der Waals surface area contributed by atoms with Crippen LogP contribution in [0.5, 0.6) is 5.75 Å². The van der Waals surface area contributed by atoms with Crippen molar-refractivity contribution in [3.63, 3.8) is 0 Å². The van der Waals surface area contributed by atoms with Crippen molar-refractivity contribution in [1.82, 2.24) is 5.32 Å². The number of methoxy groups -OCH3 is 1. The van der Waals surface area contributed by atoms with Crippen molar-refractivity contribution >= 4 is 15.9 Å². The summed E-state index contributed by atoms with van der Waals surface area (Å²) in [5.74, 6) is 0.911. The van der Waals surface area contributed by atoms with E-state index in [9.17, 15) is 0 Å². The van der Waals surface area contributed by atoms with Crippen LogP contribution in [-0.2, 0) is 6.42 Å². The lowest BCUT2D eigenvalue weighted by molar-refractivity contribution is 0.401. The van der Waals surface area contributed by atoms with Gasteiger partial charge in [0.2, 0.25) is 0 Å². The topological polar surface area (TPSA) is 21.3 Å². The normalized spacial score (nSPS) is 12.2. The van der Waals surface area contributed by atoms with E-state index < -0.39 is 0 Å². The molecule has 2 nitrogen and oxygen atoms in total. The molecule has 0 bridgehead atoms. The van der Waals surface area contributed by atoms with E-state index in [4.69, 9.17) is 4.74 Å². The molecule has 21 heavy (non-hydrogen) atoms. The zero-order valence-electron chi connectivity index (χ0n) is 13.0. The first-order valence-corrected chi connectivity index (χ1v) is 7.91. The number of nitrogens with one attached hydrogen (secondary N) is 1. The third-order valence-electron chi connectivity index (χ3n) is 3.85. The largest absolute Gasteiger partial charge is 0.496 e. The Morgan fingerprint density at radius 2 is 1.90 bits per heavy atom. The number of hydrogen-bond acceptors (Lipinski definition) is 2. The molecule has 0 fully saturated rings. The van der Waals surface area contributed by atoms with Crippen molar-refractivity contribution in [1.29, 1.82) is 0 Å². The number of rotatable bonds is 5. The quantitative estimate of drug-likeness (QED) is 0.854. The summed E-state index contributed by atoms with van der Waals surface area (Å²) in [6, 6.07) is 13.0. The standard InChI is InChI=1S/C18H22BrNO/c1-12-5-6-13(2)14(9-12)10-17(20-3)16-8-7-15(19)11-18(16)21-4/h5-9,11,17,20H,10H2,1-4H3. The summed E-state index contributed by atoms with van der Waals surface area (Å²) < 4.78 is 6.56. The molecular formula is C18H22BrNO. The number of hydrogen-bond donors (Lipinski definition) is 1. The van der Waals surface area contributed by atoms with E-state index in [-0.39, 0.29) is 6.04 Å². The van der Waals surface area contributed by atoms with E-state index in [1.54, 1.807) is 7.11 Å². The van der Waals surface area contributed by atoms with Crippen LogP contribution in [0.15, 0.2) is 40.9 Å². The Morgan fingerprint density at radius 1 is 1.14 bits per heavy atom. The minimum Gasteiger partial charge on any atom is -0.496 e. The van der Waals surface area contributed by atoms with Gasteiger partial charge in [-0.25, -0.2) is 0 Å². The van der Waals surface area contributed by atoms with Gasteiger partial charge in [-0.2, -0.15) is 0 Å². The van der Waals surface area contributed by atoms with Gasteiger partial charge in [0.05, 0.1) is 7.11 Å². The van der Waals surface area contributed by atoms with Crippen molar-refractivity contribution in [2.75, 3.05) is 14.2 Å². The van der Waals surface area contributed by atoms with Gasteiger partial charge < -0.3 is 10.1 Å². The molecule has 1 unspecified atom stereocenters. The molecule has 0 radical (unpaired) electrons. The highest BCUT2D eigenvalue weighted by Gasteiger charge is 2.16. The first-order chi connectivity index (χ1) is 10.0. The Labute approximate surface area is 135 Å². The van der Waals surface area contributed by atoms with Crippen molar-refractivity contribution in [2.24, 2.45) is 0 Å².